The van der Waals surface area contributed by atoms with Crippen LogP contribution in [0.1, 0.15) is 17.6 Å². The highest BCUT2D eigenvalue weighted by atomic mass is 127. The number of para-hydroxylation sites is 1. The Bertz CT molecular complexity index is 814. The Hall–Kier alpha value is -1.78. The van der Waals surface area contributed by atoms with E-state index in [1.165, 1.54) is 5.69 Å². The lowest BCUT2D eigenvalue weighted by Gasteiger charge is -2.38. The molecule has 31 heavy (non-hydrogen) atoms. The first kappa shape index (κ1) is 23.9. The van der Waals surface area contributed by atoms with Crippen molar-refractivity contribution in [2.24, 2.45) is 4.99 Å². The fourth-order valence-electron chi connectivity index (χ4n) is 4.27. The van der Waals surface area contributed by atoms with Crippen molar-refractivity contribution in [2.75, 3.05) is 71.0 Å². The standard InChI is InChI=1S/C23H33N5O2.HI/c1-19-8-9-22(30-19)21(27-14-16-29-17-15-27)18-25-23(24-2)28-12-10-26(11-13-28)20-6-4-3-5-7-20;/h3-9,21H,10-18H2,1-2H3,(H,24,25);1H. The maximum absolute atomic E-state index is 5.99. The first-order chi connectivity index (χ1) is 14.7. The van der Waals surface area contributed by atoms with E-state index in [2.05, 4.69) is 61.4 Å². The smallest absolute Gasteiger partial charge is 0.193 e. The molecule has 0 spiro atoms. The van der Waals surface area contributed by atoms with Gasteiger partial charge in [0.2, 0.25) is 0 Å². The molecule has 2 fully saturated rings. The number of aryl methyl sites for hydroxylation is 1. The van der Waals surface area contributed by atoms with E-state index in [4.69, 9.17) is 9.15 Å². The van der Waals surface area contributed by atoms with Crippen molar-refractivity contribution in [1.82, 2.24) is 15.1 Å². The van der Waals surface area contributed by atoms with Gasteiger partial charge in [-0.1, -0.05) is 18.2 Å². The zero-order valence-corrected chi connectivity index (χ0v) is 20.8. The van der Waals surface area contributed by atoms with Gasteiger partial charge >= 0.3 is 0 Å². The second kappa shape index (κ2) is 11.7. The van der Waals surface area contributed by atoms with Crippen molar-refractivity contribution in [3.05, 3.63) is 54.0 Å². The molecule has 7 nitrogen and oxygen atoms in total. The number of guanidine groups is 1. The number of halogens is 1. The third kappa shape index (κ3) is 6.14. The molecule has 170 valence electrons. The monoisotopic (exact) mass is 539 g/mol. The van der Waals surface area contributed by atoms with Crippen LogP contribution in [0.3, 0.4) is 0 Å². The normalized spacial score (nSPS) is 19.1. The molecule has 1 aromatic carbocycles. The highest BCUT2D eigenvalue weighted by Crippen LogP contribution is 2.23. The molecule has 1 aromatic heterocycles. The summed E-state index contributed by atoms with van der Waals surface area (Å²) >= 11 is 0. The van der Waals surface area contributed by atoms with Gasteiger partial charge in [0.1, 0.15) is 11.5 Å². The average molecular weight is 539 g/mol. The molecule has 2 saturated heterocycles. The summed E-state index contributed by atoms with van der Waals surface area (Å²) in [4.78, 5) is 11.8. The number of furan rings is 1. The van der Waals surface area contributed by atoms with Gasteiger partial charge in [-0.2, -0.15) is 0 Å². The highest BCUT2D eigenvalue weighted by Gasteiger charge is 2.27. The van der Waals surface area contributed by atoms with Crippen LogP contribution in [0.5, 0.6) is 0 Å². The molecule has 0 radical (unpaired) electrons. The van der Waals surface area contributed by atoms with E-state index in [0.29, 0.717) is 0 Å². The number of nitrogens with zero attached hydrogens (tertiary/aromatic N) is 4. The minimum absolute atomic E-state index is 0. The first-order valence-corrected chi connectivity index (χ1v) is 10.9. The molecule has 0 saturated carbocycles. The Morgan fingerprint density at radius 1 is 1.00 bits per heavy atom. The molecule has 4 rings (SSSR count). The molecule has 3 heterocycles. The average Bonchev–Trinajstić information content (AvgIpc) is 3.24. The number of benzene rings is 1. The van der Waals surface area contributed by atoms with E-state index >= 15 is 0 Å². The molecular formula is C23H34IN5O2. The SMILES string of the molecule is CN=C(NCC(c1ccc(C)o1)N1CCOCC1)N1CCN(c2ccccc2)CC1.I. The van der Waals surface area contributed by atoms with Gasteiger partial charge < -0.3 is 24.3 Å². The number of rotatable bonds is 5. The Labute approximate surface area is 202 Å². The molecule has 1 N–H and O–H groups in total. The van der Waals surface area contributed by atoms with Crippen LogP contribution in [0, 0.1) is 6.92 Å². The summed E-state index contributed by atoms with van der Waals surface area (Å²) < 4.78 is 11.5. The number of morpholine rings is 1. The molecule has 2 aliphatic rings. The maximum atomic E-state index is 5.99. The van der Waals surface area contributed by atoms with E-state index in [1.54, 1.807) is 0 Å². The lowest BCUT2D eigenvalue weighted by Crippen LogP contribution is -2.54. The number of anilines is 1. The number of hydrogen-bond acceptors (Lipinski definition) is 5. The highest BCUT2D eigenvalue weighted by molar-refractivity contribution is 14.0. The first-order valence-electron chi connectivity index (χ1n) is 10.9. The van der Waals surface area contributed by atoms with E-state index in [1.807, 2.05) is 20.0 Å². The zero-order valence-electron chi connectivity index (χ0n) is 18.5. The van der Waals surface area contributed by atoms with Crippen molar-refractivity contribution in [3.8, 4) is 0 Å². The summed E-state index contributed by atoms with van der Waals surface area (Å²) in [6, 6.07) is 14.9. The van der Waals surface area contributed by atoms with E-state index in [9.17, 15) is 0 Å². The van der Waals surface area contributed by atoms with Gasteiger partial charge in [0.05, 0.1) is 19.3 Å². The minimum atomic E-state index is 0. The molecular weight excluding hydrogens is 505 g/mol. The van der Waals surface area contributed by atoms with Crippen LogP contribution in [0.15, 0.2) is 51.9 Å². The van der Waals surface area contributed by atoms with Crippen LogP contribution in [0.25, 0.3) is 0 Å². The van der Waals surface area contributed by atoms with E-state index in [-0.39, 0.29) is 30.0 Å². The lowest BCUT2D eigenvalue weighted by atomic mass is 10.1. The summed E-state index contributed by atoms with van der Waals surface area (Å²) in [5.74, 6) is 2.92. The molecule has 0 aliphatic carbocycles. The van der Waals surface area contributed by atoms with Gasteiger partial charge in [0.15, 0.2) is 5.96 Å². The molecule has 0 amide bonds. The molecule has 1 unspecified atom stereocenters. The van der Waals surface area contributed by atoms with E-state index < -0.39 is 0 Å². The number of hydrogen-bond donors (Lipinski definition) is 1. The molecule has 2 aliphatic heterocycles. The minimum Gasteiger partial charge on any atom is -0.465 e. The van der Waals surface area contributed by atoms with Crippen LogP contribution in [0.4, 0.5) is 5.69 Å². The van der Waals surface area contributed by atoms with Gasteiger partial charge in [0.25, 0.3) is 0 Å². The Kier molecular flexibility index (Phi) is 9.03. The van der Waals surface area contributed by atoms with Crippen LogP contribution in [-0.2, 0) is 4.74 Å². The molecule has 2 aromatic rings. The maximum Gasteiger partial charge on any atom is 0.193 e. The lowest BCUT2D eigenvalue weighted by molar-refractivity contribution is 0.0123. The fraction of sp³-hybridized carbons (Fsp3) is 0.522. The van der Waals surface area contributed by atoms with Gasteiger partial charge in [0, 0.05) is 58.5 Å². The van der Waals surface area contributed by atoms with Crippen molar-refractivity contribution in [1.29, 1.82) is 0 Å². The zero-order chi connectivity index (χ0) is 20.8. The third-order valence-corrected chi connectivity index (χ3v) is 5.94. The van der Waals surface area contributed by atoms with Crippen LogP contribution in [0.2, 0.25) is 0 Å². The molecule has 1 atom stereocenters. The summed E-state index contributed by atoms with van der Waals surface area (Å²) in [6.45, 7) is 10.0. The van der Waals surface area contributed by atoms with Gasteiger partial charge in [-0.05, 0) is 31.2 Å². The van der Waals surface area contributed by atoms with Crippen LogP contribution in [-0.4, -0.2) is 81.8 Å². The second-order valence-electron chi connectivity index (χ2n) is 7.85. The predicted molar refractivity (Wildman–Crippen MR) is 136 cm³/mol. The quantitative estimate of drug-likeness (QED) is 0.359. The van der Waals surface area contributed by atoms with Crippen molar-refractivity contribution in [3.63, 3.8) is 0 Å². The Balaban J connectivity index is 0.00000272. The molecule has 0 bridgehead atoms. The van der Waals surface area contributed by atoms with Crippen molar-refractivity contribution >= 4 is 35.6 Å². The largest absolute Gasteiger partial charge is 0.465 e. The predicted octanol–water partition coefficient (Wildman–Crippen LogP) is 2.98. The number of nitrogens with one attached hydrogen (secondary N) is 1. The van der Waals surface area contributed by atoms with Crippen molar-refractivity contribution < 1.29 is 9.15 Å². The van der Waals surface area contributed by atoms with Gasteiger partial charge in [-0.3, -0.25) is 9.89 Å². The summed E-state index contributed by atoms with van der Waals surface area (Å²) in [5, 5.41) is 3.61. The second-order valence-corrected chi connectivity index (χ2v) is 7.85. The van der Waals surface area contributed by atoms with Crippen molar-refractivity contribution in [2.45, 2.75) is 13.0 Å². The number of aliphatic imine (C=N–C) groups is 1. The number of piperazine rings is 1. The Morgan fingerprint density at radius 2 is 1.71 bits per heavy atom. The number of ether oxygens (including phenoxy) is 1. The summed E-state index contributed by atoms with van der Waals surface area (Å²) in [7, 11) is 1.87. The van der Waals surface area contributed by atoms with Gasteiger partial charge in [-0.25, -0.2) is 0 Å². The summed E-state index contributed by atoms with van der Waals surface area (Å²) in [5.41, 5.74) is 1.29. The summed E-state index contributed by atoms with van der Waals surface area (Å²) in [6.07, 6.45) is 0. The van der Waals surface area contributed by atoms with Crippen LogP contribution < -0.4 is 10.2 Å². The third-order valence-electron chi connectivity index (χ3n) is 5.94. The Morgan fingerprint density at radius 3 is 2.32 bits per heavy atom. The fourth-order valence-corrected chi connectivity index (χ4v) is 4.27. The topological polar surface area (TPSA) is 56.5 Å². The van der Waals surface area contributed by atoms with Crippen LogP contribution >= 0.6 is 24.0 Å². The van der Waals surface area contributed by atoms with Gasteiger partial charge in [-0.15, -0.1) is 24.0 Å². The molecule has 8 heteroatoms. The van der Waals surface area contributed by atoms with E-state index in [0.717, 1.165) is 76.5 Å².